The van der Waals surface area contributed by atoms with Gasteiger partial charge in [-0.05, 0) is 44.4 Å². The number of carbonyl (C=O) groups is 1. The first-order valence-corrected chi connectivity index (χ1v) is 7.78. The molecular formula is C17H26N2O. The van der Waals surface area contributed by atoms with Crippen LogP contribution in [0.2, 0.25) is 0 Å². The van der Waals surface area contributed by atoms with Gasteiger partial charge in [0.1, 0.15) is 0 Å². The maximum Gasteiger partial charge on any atom is 0.228 e. The van der Waals surface area contributed by atoms with Crippen molar-refractivity contribution < 1.29 is 4.79 Å². The molecule has 110 valence electrons. The van der Waals surface area contributed by atoms with Crippen molar-refractivity contribution in [1.29, 1.82) is 0 Å². The minimum atomic E-state index is 0.233. The van der Waals surface area contributed by atoms with E-state index >= 15 is 0 Å². The fourth-order valence-corrected chi connectivity index (χ4v) is 2.99. The van der Waals surface area contributed by atoms with E-state index in [4.69, 9.17) is 0 Å². The number of rotatable bonds is 5. The normalized spacial score (nSPS) is 19.8. The van der Waals surface area contributed by atoms with Gasteiger partial charge < -0.3 is 9.80 Å². The summed E-state index contributed by atoms with van der Waals surface area (Å²) in [6.45, 7) is 8.26. The van der Waals surface area contributed by atoms with Gasteiger partial charge in [0, 0.05) is 31.7 Å². The van der Waals surface area contributed by atoms with Gasteiger partial charge in [0.15, 0.2) is 0 Å². The maximum absolute atomic E-state index is 12.4. The van der Waals surface area contributed by atoms with Crippen molar-refractivity contribution in [2.24, 2.45) is 5.92 Å². The van der Waals surface area contributed by atoms with Crippen LogP contribution in [-0.2, 0) is 4.79 Å². The second kappa shape index (κ2) is 7.44. The summed E-state index contributed by atoms with van der Waals surface area (Å²) in [6.07, 6.45) is 3.22. The highest BCUT2D eigenvalue weighted by Crippen LogP contribution is 2.17. The first-order chi connectivity index (χ1) is 9.70. The van der Waals surface area contributed by atoms with Crippen LogP contribution in [0.3, 0.4) is 0 Å². The summed E-state index contributed by atoms with van der Waals surface area (Å²) in [5.41, 5.74) is 1.01. The summed E-state index contributed by atoms with van der Waals surface area (Å²) in [5.74, 6) is 1.01. The van der Waals surface area contributed by atoms with Crippen LogP contribution in [0.4, 0.5) is 5.69 Å². The molecule has 1 aliphatic rings. The Kier molecular flexibility index (Phi) is 5.60. The number of nitrogens with zero attached hydrogens (tertiary/aromatic N) is 2. The Labute approximate surface area is 122 Å². The zero-order chi connectivity index (χ0) is 14.4. The average molecular weight is 274 g/mol. The van der Waals surface area contributed by atoms with Crippen molar-refractivity contribution in [2.75, 3.05) is 31.1 Å². The van der Waals surface area contributed by atoms with Crippen molar-refractivity contribution in [3.8, 4) is 0 Å². The molecule has 1 aromatic rings. The topological polar surface area (TPSA) is 23.6 Å². The molecule has 0 saturated carbocycles. The molecule has 1 amide bonds. The lowest BCUT2D eigenvalue weighted by atomic mass is 10.0. The van der Waals surface area contributed by atoms with Gasteiger partial charge in [0.25, 0.3) is 0 Å². The molecule has 0 aromatic heterocycles. The van der Waals surface area contributed by atoms with E-state index in [0.717, 1.165) is 37.8 Å². The largest absolute Gasteiger partial charge is 0.313 e. The van der Waals surface area contributed by atoms with Gasteiger partial charge in [-0.1, -0.05) is 25.1 Å². The SMILES string of the molecule is CCN(C(=O)CCN1CCCC(C)C1)c1ccccc1. The summed E-state index contributed by atoms with van der Waals surface area (Å²) in [5, 5.41) is 0. The molecule has 0 bridgehead atoms. The van der Waals surface area contributed by atoms with E-state index in [2.05, 4.69) is 11.8 Å². The lowest BCUT2D eigenvalue weighted by Gasteiger charge is -2.31. The number of anilines is 1. The van der Waals surface area contributed by atoms with Gasteiger partial charge in [0.2, 0.25) is 5.91 Å². The van der Waals surface area contributed by atoms with Crippen molar-refractivity contribution in [3.63, 3.8) is 0 Å². The lowest BCUT2D eigenvalue weighted by Crippen LogP contribution is -2.38. The van der Waals surface area contributed by atoms with Gasteiger partial charge in [-0.15, -0.1) is 0 Å². The van der Waals surface area contributed by atoms with Crippen LogP contribution in [0, 0.1) is 5.92 Å². The van der Waals surface area contributed by atoms with Crippen LogP contribution in [0.25, 0.3) is 0 Å². The Morgan fingerprint density at radius 3 is 2.75 bits per heavy atom. The van der Waals surface area contributed by atoms with Crippen LogP contribution >= 0.6 is 0 Å². The quantitative estimate of drug-likeness (QED) is 0.823. The van der Waals surface area contributed by atoms with Gasteiger partial charge >= 0.3 is 0 Å². The van der Waals surface area contributed by atoms with E-state index in [1.807, 2.05) is 42.2 Å². The van der Waals surface area contributed by atoms with Gasteiger partial charge in [-0.25, -0.2) is 0 Å². The van der Waals surface area contributed by atoms with Gasteiger partial charge in [-0.2, -0.15) is 0 Å². The number of hydrogen-bond acceptors (Lipinski definition) is 2. The Hall–Kier alpha value is -1.35. The molecule has 1 aromatic carbocycles. The minimum Gasteiger partial charge on any atom is -0.313 e. The molecule has 20 heavy (non-hydrogen) atoms. The van der Waals surface area contributed by atoms with Crippen LogP contribution in [0.15, 0.2) is 30.3 Å². The van der Waals surface area contributed by atoms with Crippen molar-refractivity contribution in [3.05, 3.63) is 30.3 Å². The smallest absolute Gasteiger partial charge is 0.228 e. The van der Waals surface area contributed by atoms with E-state index in [1.54, 1.807) is 0 Å². The Bertz CT molecular complexity index is 418. The molecule has 0 aliphatic carbocycles. The molecule has 3 heteroatoms. The Balaban J connectivity index is 1.87. The van der Waals surface area contributed by atoms with Crippen LogP contribution in [0.1, 0.15) is 33.1 Å². The fraction of sp³-hybridized carbons (Fsp3) is 0.588. The van der Waals surface area contributed by atoms with E-state index in [9.17, 15) is 4.79 Å². The molecule has 1 atom stereocenters. The minimum absolute atomic E-state index is 0.233. The molecular weight excluding hydrogens is 248 g/mol. The molecule has 1 saturated heterocycles. The molecule has 3 nitrogen and oxygen atoms in total. The monoisotopic (exact) mass is 274 g/mol. The number of para-hydroxylation sites is 1. The Morgan fingerprint density at radius 2 is 2.10 bits per heavy atom. The van der Waals surface area contributed by atoms with Crippen LogP contribution in [-0.4, -0.2) is 37.0 Å². The second-order valence-electron chi connectivity index (χ2n) is 5.77. The zero-order valence-corrected chi connectivity index (χ0v) is 12.7. The highest BCUT2D eigenvalue weighted by Gasteiger charge is 2.19. The molecule has 2 rings (SSSR count). The standard InChI is InChI=1S/C17H26N2O/c1-3-19(16-9-5-4-6-10-16)17(20)11-13-18-12-7-8-15(2)14-18/h4-6,9-10,15H,3,7-8,11-14H2,1-2H3. The molecule has 1 heterocycles. The molecule has 1 unspecified atom stereocenters. The maximum atomic E-state index is 12.4. The summed E-state index contributed by atoms with van der Waals surface area (Å²) in [7, 11) is 0. The number of amides is 1. The van der Waals surface area contributed by atoms with Gasteiger partial charge in [-0.3, -0.25) is 4.79 Å². The molecule has 1 fully saturated rings. The molecule has 1 aliphatic heterocycles. The van der Waals surface area contributed by atoms with E-state index in [1.165, 1.54) is 12.8 Å². The number of likely N-dealkylation sites (tertiary alicyclic amines) is 1. The highest BCUT2D eigenvalue weighted by atomic mass is 16.2. The first-order valence-electron chi connectivity index (χ1n) is 7.78. The highest BCUT2D eigenvalue weighted by molar-refractivity contribution is 5.93. The fourth-order valence-electron chi connectivity index (χ4n) is 2.99. The van der Waals surface area contributed by atoms with E-state index in [-0.39, 0.29) is 5.91 Å². The van der Waals surface area contributed by atoms with Crippen LogP contribution in [0.5, 0.6) is 0 Å². The van der Waals surface area contributed by atoms with Gasteiger partial charge in [0.05, 0.1) is 0 Å². The summed E-state index contributed by atoms with van der Waals surface area (Å²) in [6, 6.07) is 9.96. The number of piperidine rings is 1. The summed E-state index contributed by atoms with van der Waals surface area (Å²) < 4.78 is 0. The predicted octanol–water partition coefficient (Wildman–Crippen LogP) is 3.16. The predicted molar refractivity (Wildman–Crippen MR) is 83.9 cm³/mol. The third-order valence-corrected chi connectivity index (χ3v) is 4.07. The molecule has 0 N–H and O–H groups in total. The zero-order valence-electron chi connectivity index (χ0n) is 12.7. The molecule has 0 radical (unpaired) electrons. The Morgan fingerprint density at radius 1 is 1.35 bits per heavy atom. The van der Waals surface area contributed by atoms with Crippen molar-refractivity contribution in [2.45, 2.75) is 33.1 Å². The lowest BCUT2D eigenvalue weighted by molar-refractivity contribution is -0.119. The number of benzene rings is 1. The van der Waals surface area contributed by atoms with Crippen LogP contribution < -0.4 is 4.90 Å². The summed E-state index contributed by atoms with van der Waals surface area (Å²) >= 11 is 0. The number of hydrogen-bond donors (Lipinski definition) is 0. The van der Waals surface area contributed by atoms with E-state index in [0.29, 0.717) is 6.42 Å². The average Bonchev–Trinajstić information content (AvgIpc) is 2.47. The van der Waals surface area contributed by atoms with Crippen molar-refractivity contribution >= 4 is 11.6 Å². The number of carbonyl (C=O) groups excluding carboxylic acids is 1. The molecule has 0 spiro atoms. The third kappa shape index (κ3) is 4.07. The summed E-state index contributed by atoms with van der Waals surface area (Å²) in [4.78, 5) is 16.7. The van der Waals surface area contributed by atoms with E-state index < -0.39 is 0 Å². The second-order valence-corrected chi connectivity index (χ2v) is 5.77. The third-order valence-electron chi connectivity index (χ3n) is 4.07. The first kappa shape index (κ1) is 15.0. The van der Waals surface area contributed by atoms with Crippen molar-refractivity contribution in [1.82, 2.24) is 4.90 Å².